The van der Waals surface area contributed by atoms with Gasteiger partial charge in [0, 0.05) is 42.1 Å². The van der Waals surface area contributed by atoms with Gasteiger partial charge in [0.05, 0.1) is 22.5 Å². The maximum Gasteiger partial charge on any atom is 0.252 e. The molecular weight excluding hydrogens is 456 g/mol. The molecule has 3 aromatic rings. The van der Waals surface area contributed by atoms with Crippen molar-refractivity contribution in [2.75, 3.05) is 18.0 Å². The Kier molecular flexibility index (Phi) is 5.19. The third kappa shape index (κ3) is 3.56. The number of aryl methyl sites for hydroxylation is 1. The van der Waals surface area contributed by atoms with Crippen LogP contribution >= 0.6 is 27.5 Å². The standard InChI is InChI=1S/C20H18BrClN6O/c1-27-10-15(20(24)29)17(26-27)11-3-2-6-28(9-11)18-13-7-12(21)4-5-16(13)25-19(22)14(18)8-23/h4-5,7,10-11H,2-3,6,9H2,1H3,(H2,24,29). The minimum atomic E-state index is -0.482. The van der Waals surface area contributed by atoms with Gasteiger partial charge in [0.15, 0.2) is 0 Å². The van der Waals surface area contributed by atoms with Gasteiger partial charge >= 0.3 is 0 Å². The van der Waals surface area contributed by atoms with Crippen LogP contribution in [-0.2, 0) is 7.05 Å². The maximum atomic E-state index is 11.9. The highest BCUT2D eigenvalue weighted by molar-refractivity contribution is 9.10. The minimum Gasteiger partial charge on any atom is -0.369 e. The van der Waals surface area contributed by atoms with Crippen molar-refractivity contribution >= 4 is 50.0 Å². The van der Waals surface area contributed by atoms with E-state index in [1.165, 1.54) is 0 Å². The Morgan fingerprint density at radius 2 is 2.24 bits per heavy atom. The molecule has 7 nitrogen and oxygen atoms in total. The first-order chi connectivity index (χ1) is 13.9. The first-order valence-corrected chi connectivity index (χ1v) is 10.3. The molecule has 1 saturated heterocycles. The molecule has 0 aliphatic carbocycles. The number of carbonyl (C=O) groups excluding carboxylic acids is 1. The number of aromatic nitrogens is 3. The summed E-state index contributed by atoms with van der Waals surface area (Å²) in [5.74, 6) is -0.461. The Bertz CT molecular complexity index is 1170. The molecule has 0 saturated carbocycles. The molecule has 1 unspecified atom stereocenters. The fourth-order valence-electron chi connectivity index (χ4n) is 4.02. The quantitative estimate of drug-likeness (QED) is 0.584. The molecule has 0 bridgehead atoms. The molecule has 2 N–H and O–H groups in total. The van der Waals surface area contributed by atoms with Crippen LogP contribution in [0.4, 0.5) is 5.69 Å². The monoisotopic (exact) mass is 472 g/mol. The fraction of sp³-hybridized carbons (Fsp3) is 0.300. The highest BCUT2D eigenvalue weighted by Crippen LogP contribution is 2.39. The topological polar surface area (TPSA) is 101 Å². The largest absolute Gasteiger partial charge is 0.369 e. The lowest BCUT2D eigenvalue weighted by Crippen LogP contribution is -2.36. The number of nitrogens with two attached hydrogens (primary N) is 1. The number of nitriles is 1. The van der Waals surface area contributed by atoms with Crippen LogP contribution in [-0.4, -0.2) is 33.8 Å². The zero-order valence-electron chi connectivity index (χ0n) is 15.7. The van der Waals surface area contributed by atoms with Gasteiger partial charge < -0.3 is 10.6 Å². The molecule has 2 aromatic heterocycles. The number of amides is 1. The zero-order chi connectivity index (χ0) is 20.7. The second-order valence-electron chi connectivity index (χ2n) is 7.15. The van der Waals surface area contributed by atoms with Gasteiger partial charge in [-0.15, -0.1) is 0 Å². The van der Waals surface area contributed by atoms with E-state index in [0.29, 0.717) is 23.4 Å². The number of hydrogen-bond acceptors (Lipinski definition) is 5. The number of benzene rings is 1. The van der Waals surface area contributed by atoms with Gasteiger partial charge in [-0.1, -0.05) is 27.5 Å². The van der Waals surface area contributed by atoms with Crippen molar-refractivity contribution < 1.29 is 4.79 Å². The average molecular weight is 474 g/mol. The number of carbonyl (C=O) groups is 1. The van der Waals surface area contributed by atoms with Gasteiger partial charge in [-0.25, -0.2) is 4.98 Å². The highest BCUT2D eigenvalue weighted by Gasteiger charge is 2.30. The van der Waals surface area contributed by atoms with Gasteiger partial charge in [-0.3, -0.25) is 9.48 Å². The molecule has 1 aromatic carbocycles. The van der Waals surface area contributed by atoms with E-state index in [2.05, 4.69) is 37.0 Å². The molecule has 29 heavy (non-hydrogen) atoms. The number of anilines is 1. The smallest absolute Gasteiger partial charge is 0.252 e. The molecule has 0 spiro atoms. The van der Waals surface area contributed by atoms with Crippen molar-refractivity contribution in [3.63, 3.8) is 0 Å². The summed E-state index contributed by atoms with van der Waals surface area (Å²) >= 11 is 9.85. The van der Waals surface area contributed by atoms with Crippen molar-refractivity contribution in [2.24, 2.45) is 12.8 Å². The third-order valence-corrected chi connectivity index (χ3v) is 6.00. The summed E-state index contributed by atoms with van der Waals surface area (Å²) in [7, 11) is 1.78. The van der Waals surface area contributed by atoms with Crippen molar-refractivity contribution in [1.82, 2.24) is 14.8 Å². The maximum absolute atomic E-state index is 11.9. The normalized spacial score (nSPS) is 16.8. The lowest BCUT2D eigenvalue weighted by atomic mass is 9.91. The molecule has 1 fully saturated rings. The van der Waals surface area contributed by atoms with Crippen LogP contribution in [0.5, 0.6) is 0 Å². The molecule has 1 amide bonds. The number of pyridine rings is 1. The van der Waals surface area contributed by atoms with E-state index in [-0.39, 0.29) is 11.1 Å². The van der Waals surface area contributed by atoms with Crippen LogP contribution in [0, 0.1) is 11.3 Å². The Labute approximate surface area is 181 Å². The number of hydrogen-bond donors (Lipinski definition) is 1. The van der Waals surface area contributed by atoms with Crippen molar-refractivity contribution in [3.05, 3.63) is 50.8 Å². The lowest BCUT2D eigenvalue weighted by Gasteiger charge is -2.35. The lowest BCUT2D eigenvalue weighted by molar-refractivity contribution is 0.0998. The van der Waals surface area contributed by atoms with E-state index in [0.717, 1.165) is 40.4 Å². The summed E-state index contributed by atoms with van der Waals surface area (Å²) < 4.78 is 2.51. The number of halogens is 2. The summed E-state index contributed by atoms with van der Waals surface area (Å²) in [6.45, 7) is 1.37. The second kappa shape index (κ2) is 7.65. The summed E-state index contributed by atoms with van der Waals surface area (Å²) in [5.41, 5.74) is 8.56. The Morgan fingerprint density at radius 1 is 1.45 bits per heavy atom. The summed E-state index contributed by atoms with van der Waals surface area (Å²) in [6, 6.07) is 7.94. The first kappa shape index (κ1) is 19.7. The number of primary amides is 1. The van der Waals surface area contributed by atoms with Gasteiger partial charge in [0.25, 0.3) is 5.91 Å². The summed E-state index contributed by atoms with van der Waals surface area (Å²) in [5, 5.41) is 15.3. The van der Waals surface area contributed by atoms with Gasteiger partial charge in [0.1, 0.15) is 16.8 Å². The molecule has 148 valence electrons. The minimum absolute atomic E-state index is 0.0214. The third-order valence-electron chi connectivity index (χ3n) is 5.23. The van der Waals surface area contributed by atoms with Crippen LogP contribution < -0.4 is 10.6 Å². The molecule has 9 heteroatoms. The highest BCUT2D eigenvalue weighted by atomic mass is 79.9. The van der Waals surface area contributed by atoms with E-state index in [4.69, 9.17) is 17.3 Å². The van der Waals surface area contributed by atoms with Gasteiger partial charge in [-0.05, 0) is 31.0 Å². The Hall–Kier alpha value is -2.63. The van der Waals surface area contributed by atoms with Crippen LogP contribution in [0.1, 0.15) is 40.4 Å². The van der Waals surface area contributed by atoms with E-state index >= 15 is 0 Å². The first-order valence-electron chi connectivity index (χ1n) is 9.16. The number of rotatable bonds is 3. The second-order valence-corrected chi connectivity index (χ2v) is 8.42. The van der Waals surface area contributed by atoms with Crippen LogP contribution in [0.25, 0.3) is 10.9 Å². The molecule has 1 aliphatic rings. The predicted octanol–water partition coefficient (Wildman–Crippen LogP) is 3.74. The van der Waals surface area contributed by atoms with E-state index in [9.17, 15) is 10.1 Å². The summed E-state index contributed by atoms with van der Waals surface area (Å²) in [6.07, 6.45) is 3.43. The Balaban J connectivity index is 1.82. The number of nitrogens with zero attached hydrogens (tertiary/aromatic N) is 5. The summed E-state index contributed by atoms with van der Waals surface area (Å²) in [4.78, 5) is 18.4. The molecule has 1 aliphatic heterocycles. The van der Waals surface area contributed by atoms with E-state index in [1.807, 2.05) is 18.2 Å². The van der Waals surface area contributed by atoms with Crippen LogP contribution in [0.15, 0.2) is 28.9 Å². The average Bonchev–Trinajstić information content (AvgIpc) is 3.09. The van der Waals surface area contributed by atoms with Crippen molar-refractivity contribution in [3.8, 4) is 6.07 Å². The Morgan fingerprint density at radius 3 is 2.97 bits per heavy atom. The number of piperidine rings is 1. The van der Waals surface area contributed by atoms with Gasteiger partial charge in [0.2, 0.25) is 0 Å². The van der Waals surface area contributed by atoms with Gasteiger partial charge in [-0.2, -0.15) is 10.4 Å². The predicted molar refractivity (Wildman–Crippen MR) is 115 cm³/mol. The zero-order valence-corrected chi connectivity index (χ0v) is 18.0. The molecular formula is C20H18BrClN6O. The molecule has 1 atom stereocenters. The van der Waals surface area contributed by atoms with E-state index < -0.39 is 5.91 Å². The van der Waals surface area contributed by atoms with E-state index in [1.54, 1.807) is 17.9 Å². The SMILES string of the molecule is Cn1cc(C(N)=O)c(C2CCCN(c3c(C#N)c(Cl)nc4ccc(Br)cc34)C2)n1. The number of fused-ring (bicyclic) bond motifs is 1. The molecule has 3 heterocycles. The van der Waals surface area contributed by atoms with Crippen LogP contribution in [0.2, 0.25) is 5.15 Å². The molecule has 0 radical (unpaired) electrons. The fourth-order valence-corrected chi connectivity index (χ4v) is 4.60. The van der Waals surface area contributed by atoms with Crippen molar-refractivity contribution in [2.45, 2.75) is 18.8 Å². The molecule has 4 rings (SSSR count). The van der Waals surface area contributed by atoms with Crippen LogP contribution in [0.3, 0.4) is 0 Å². The van der Waals surface area contributed by atoms with Crippen molar-refractivity contribution in [1.29, 1.82) is 5.26 Å².